The van der Waals surface area contributed by atoms with Gasteiger partial charge in [0, 0.05) is 17.1 Å². The zero-order valence-electron chi connectivity index (χ0n) is 12.0. The van der Waals surface area contributed by atoms with Gasteiger partial charge in [0.2, 0.25) is 0 Å². The summed E-state index contributed by atoms with van der Waals surface area (Å²) in [4.78, 5) is 0. The van der Waals surface area contributed by atoms with E-state index < -0.39 is 11.7 Å². The molecule has 0 heterocycles. The van der Waals surface area contributed by atoms with Crippen LogP contribution in [0, 0.1) is 6.92 Å². The molecule has 0 aliphatic carbocycles. The maximum Gasteiger partial charge on any atom is 0.417 e. The Bertz CT molecular complexity index is 747. The van der Waals surface area contributed by atoms with E-state index in [9.17, 15) is 13.2 Å². The van der Waals surface area contributed by atoms with Gasteiger partial charge in [-0.15, -0.1) is 0 Å². The number of alkyl halides is 3. The molecule has 0 spiro atoms. The Hall–Kier alpha value is -1.99. The summed E-state index contributed by atoms with van der Waals surface area (Å²) in [5, 5.41) is 5.32. The lowest BCUT2D eigenvalue weighted by molar-refractivity contribution is -0.137. The average Bonchev–Trinajstić information content (AvgIpc) is 2.44. The number of nitrogens with one attached hydrogen (secondary N) is 2. The first-order valence-corrected chi connectivity index (χ1v) is 7.26. The number of nitrogens with two attached hydrogens (primary N) is 1. The van der Waals surface area contributed by atoms with E-state index in [1.54, 1.807) is 12.1 Å². The molecule has 0 aliphatic heterocycles. The Labute approximate surface area is 141 Å². The molecule has 122 valence electrons. The van der Waals surface area contributed by atoms with E-state index in [4.69, 9.17) is 29.6 Å². The van der Waals surface area contributed by atoms with Crippen LogP contribution in [-0.4, -0.2) is 5.11 Å². The van der Waals surface area contributed by atoms with E-state index in [1.807, 2.05) is 13.0 Å². The van der Waals surface area contributed by atoms with E-state index in [0.29, 0.717) is 11.4 Å². The van der Waals surface area contributed by atoms with E-state index in [0.717, 1.165) is 11.6 Å². The highest BCUT2D eigenvalue weighted by atomic mass is 35.5. The molecule has 0 saturated heterocycles. The highest BCUT2D eigenvalue weighted by Crippen LogP contribution is 2.36. The normalized spacial score (nSPS) is 11.2. The van der Waals surface area contributed by atoms with Crippen molar-refractivity contribution in [2.24, 2.45) is 0 Å². The van der Waals surface area contributed by atoms with Gasteiger partial charge in [-0.1, -0.05) is 17.7 Å². The van der Waals surface area contributed by atoms with Gasteiger partial charge in [0.1, 0.15) is 0 Å². The number of hydrogen-bond acceptors (Lipinski definition) is 2. The lowest BCUT2D eigenvalue weighted by Crippen LogP contribution is -2.19. The van der Waals surface area contributed by atoms with Gasteiger partial charge in [-0.05, 0) is 55.0 Å². The third-order valence-corrected chi connectivity index (χ3v) is 3.60. The van der Waals surface area contributed by atoms with Gasteiger partial charge in [-0.25, -0.2) is 0 Å². The number of thiocarbonyl (C=S) groups is 1. The average molecular weight is 360 g/mol. The van der Waals surface area contributed by atoms with Gasteiger partial charge in [0.15, 0.2) is 5.11 Å². The second kappa shape index (κ2) is 6.64. The molecule has 23 heavy (non-hydrogen) atoms. The quantitative estimate of drug-likeness (QED) is 0.518. The topological polar surface area (TPSA) is 50.1 Å². The van der Waals surface area contributed by atoms with Crippen molar-refractivity contribution in [2.45, 2.75) is 13.1 Å². The van der Waals surface area contributed by atoms with Crippen molar-refractivity contribution >= 4 is 46.0 Å². The third kappa shape index (κ3) is 4.49. The number of hydrogen-bond donors (Lipinski definition) is 3. The zero-order valence-corrected chi connectivity index (χ0v) is 13.5. The summed E-state index contributed by atoms with van der Waals surface area (Å²) in [6.45, 7) is 1.86. The van der Waals surface area contributed by atoms with Crippen LogP contribution in [0.4, 0.5) is 30.2 Å². The third-order valence-electron chi connectivity index (χ3n) is 3.07. The van der Waals surface area contributed by atoms with Crippen molar-refractivity contribution in [3.63, 3.8) is 0 Å². The monoisotopic (exact) mass is 359 g/mol. The SMILES string of the molecule is Cc1ccc(NC(=S)Nc2ccc(Cl)c(C(F)(F)F)c2)cc1N. The van der Waals surface area contributed by atoms with Crippen LogP contribution in [0.1, 0.15) is 11.1 Å². The smallest absolute Gasteiger partial charge is 0.398 e. The highest BCUT2D eigenvalue weighted by Gasteiger charge is 2.33. The van der Waals surface area contributed by atoms with Crippen LogP contribution in [0.5, 0.6) is 0 Å². The minimum atomic E-state index is -4.53. The van der Waals surface area contributed by atoms with Crippen LogP contribution in [-0.2, 0) is 6.18 Å². The maximum atomic E-state index is 12.8. The van der Waals surface area contributed by atoms with E-state index in [-0.39, 0.29) is 15.8 Å². The Morgan fingerprint density at radius 1 is 1.09 bits per heavy atom. The summed E-state index contributed by atoms with van der Waals surface area (Å²) < 4.78 is 38.5. The summed E-state index contributed by atoms with van der Waals surface area (Å²) in [7, 11) is 0. The van der Waals surface area contributed by atoms with Crippen LogP contribution < -0.4 is 16.4 Å². The van der Waals surface area contributed by atoms with Gasteiger partial charge >= 0.3 is 6.18 Å². The second-order valence-corrected chi connectivity index (χ2v) is 5.66. The lowest BCUT2D eigenvalue weighted by Gasteiger charge is -2.14. The van der Waals surface area contributed by atoms with E-state index >= 15 is 0 Å². The Morgan fingerprint density at radius 3 is 2.22 bits per heavy atom. The number of benzene rings is 2. The standard InChI is InChI=1S/C15H13ClF3N3S/c1-8-2-3-10(7-13(8)20)22-14(23)21-9-4-5-12(16)11(6-9)15(17,18)19/h2-7H,20H2,1H3,(H2,21,22,23). The van der Waals surface area contributed by atoms with Gasteiger partial charge < -0.3 is 16.4 Å². The van der Waals surface area contributed by atoms with Crippen LogP contribution in [0.15, 0.2) is 36.4 Å². The minimum absolute atomic E-state index is 0.142. The van der Waals surface area contributed by atoms with Crippen molar-refractivity contribution in [1.82, 2.24) is 0 Å². The zero-order chi connectivity index (χ0) is 17.2. The number of nitrogen functional groups attached to an aromatic ring is 1. The van der Waals surface area contributed by atoms with Gasteiger partial charge in [0.05, 0.1) is 10.6 Å². The van der Waals surface area contributed by atoms with Crippen LogP contribution in [0.3, 0.4) is 0 Å². The summed E-state index contributed by atoms with van der Waals surface area (Å²) >= 11 is 10.7. The fourth-order valence-electron chi connectivity index (χ4n) is 1.83. The Kier molecular flexibility index (Phi) is 5.01. The molecule has 2 rings (SSSR count). The van der Waals surface area contributed by atoms with Crippen LogP contribution >= 0.6 is 23.8 Å². The number of halogens is 4. The molecule has 0 unspecified atom stereocenters. The molecule has 2 aromatic carbocycles. The molecule has 0 aromatic heterocycles. The van der Waals surface area contributed by atoms with Crippen molar-refractivity contribution in [3.8, 4) is 0 Å². The molecule has 0 radical (unpaired) electrons. The fraction of sp³-hybridized carbons (Fsp3) is 0.133. The predicted octanol–water partition coefficient (Wildman–Crippen LogP) is 5.06. The molecule has 4 N–H and O–H groups in total. The van der Waals surface area contributed by atoms with Crippen LogP contribution in [0.25, 0.3) is 0 Å². The minimum Gasteiger partial charge on any atom is -0.398 e. The van der Waals surface area contributed by atoms with E-state index in [2.05, 4.69) is 10.6 Å². The first-order valence-electron chi connectivity index (χ1n) is 6.47. The molecule has 0 fully saturated rings. The van der Waals surface area contributed by atoms with Gasteiger partial charge in [-0.3, -0.25) is 0 Å². The number of anilines is 3. The van der Waals surface area contributed by atoms with Crippen molar-refractivity contribution in [3.05, 3.63) is 52.5 Å². The van der Waals surface area contributed by atoms with E-state index in [1.165, 1.54) is 12.1 Å². The number of aryl methyl sites for hydroxylation is 1. The summed E-state index contributed by atoms with van der Waals surface area (Å²) in [5.41, 5.74) is 7.19. The van der Waals surface area contributed by atoms with Crippen LogP contribution in [0.2, 0.25) is 5.02 Å². The van der Waals surface area contributed by atoms with Crippen molar-refractivity contribution in [1.29, 1.82) is 0 Å². The molecule has 0 bridgehead atoms. The van der Waals surface area contributed by atoms with Gasteiger partial charge in [-0.2, -0.15) is 13.2 Å². The molecule has 0 atom stereocenters. The number of rotatable bonds is 2. The van der Waals surface area contributed by atoms with Crippen molar-refractivity contribution < 1.29 is 13.2 Å². The van der Waals surface area contributed by atoms with Gasteiger partial charge in [0.25, 0.3) is 0 Å². The molecule has 2 aromatic rings. The molecule has 0 amide bonds. The lowest BCUT2D eigenvalue weighted by atomic mass is 10.2. The molecule has 0 saturated carbocycles. The highest BCUT2D eigenvalue weighted by molar-refractivity contribution is 7.80. The first-order chi connectivity index (χ1) is 10.7. The Morgan fingerprint density at radius 2 is 1.65 bits per heavy atom. The molecule has 8 heteroatoms. The summed E-state index contributed by atoms with van der Waals surface area (Å²) in [6, 6.07) is 8.74. The first kappa shape index (κ1) is 17.4. The summed E-state index contributed by atoms with van der Waals surface area (Å²) in [6.07, 6.45) is -4.53. The fourth-order valence-corrected chi connectivity index (χ4v) is 2.29. The predicted molar refractivity (Wildman–Crippen MR) is 91.9 cm³/mol. The molecule has 3 nitrogen and oxygen atoms in total. The molecule has 0 aliphatic rings. The maximum absolute atomic E-state index is 12.8. The largest absolute Gasteiger partial charge is 0.417 e. The molecular weight excluding hydrogens is 347 g/mol. The second-order valence-electron chi connectivity index (χ2n) is 4.84. The van der Waals surface area contributed by atoms with Crippen molar-refractivity contribution in [2.75, 3.05) is 16.4 Å². The Balaban J connectivity index is 2.12. The molecular formula is C15H13ClF3N3S. The summed E-state index contributed by atoms with van der Waals surface area (Å²) in [5.74, 6) is 0.